The Hall–Kier alpha value is -1.54. The van der Waals surface area contributed by atoms with Gasteiger partial charge in [-0.2, -0.15) is 0 Å². The number of benzene rings is 1. The van der Waals surface area contributed by atoms with E-state index in [1.807, 2.05) is 0 Å². The number of hydrogen-bond acceptors (Lipinski definition) is 11. The van der Waals surface area contributed by atoms with Gasteiger partial charge in [0.2, 0.25) is 6.29 Å². The van der Waals surface area contributed by atoms with Crippen molar-refractivity contribution in [2.24, 2.45) is 0 Å². The Morgan fingerprint density at radius 3 is 2.41 bits per heavy atom. The lowest BCUT2D eigenvalue weighted by Gasteiger charge is -2.42. The van der Waals surface area contributed by atoms with E-state index in [-0.39, 0.29) is 11.5 Å². The Bertz CT molecular complexity index is 680. The van der Waals surface area contributed by atoms with Crippen LogP contribution in [-0.2, 0) is 14.2 Å². The van der Waals surface area contributed by atoms with Crippen molar-refractivity contribution in [1.29, 1.82) is 0 Å². The average Bonchev–Trinajstić information content (AvgIpc) is 2.95. The number of aliphatic hydroxyl groups is 6. The lowest BCUT2D eigenvalue weighted by molar-refractivity contribution is -0.318. The summed E-state index contributed by atoms with van der Waals surface area (Å²) in [6, 6.07) is 4.37. The zero-order chi connectivity index (χ0) is 21.3. The predicted molar refractivity (Wildman–Crippen MR) is 93.9 cm³/mol. The number of phenolic OH excluding ortho intramolecular Hbond substituents is 1. The molecule has 0 unspecified atom stereocenters. The van der Waals surface area contributed by atoms with Gasteiger partial charge in [-0.15, -0.1) is 0 Å². The number of hydrogen-bond donors (Lipinski definition) is 7. The third-order valence-corrected chi connectivity index (χ3v) is 4.98. The first-order chi connectivity index (χ1) is 13.7. The molecule has 2 saturated heterocycles. The Kier molecular flexibility index (Phi) is 6.63. The van der Waals surface area contributed by atoms with Crippen LogP contribution in [0.1, 0.15) is 5.56 Å². The van der Waals surface area contributed by atoms with Gasteiger partial charge in [0.1, 0.15) is 41.5 Å². The summed E-state index contributed by atoms with van der Waals surface area (Å²) >= 11 is 0. The van der Waals surface area contributed by atoms with Crippen molar-refractivity contribution in [3.63, 3.8) is 0 Å². The molecule has 11 nitrogen and oxygen atoms in total. The number of aliphatic hydroxyl groups excluding tert-OH is 5. The van der Waals surface area contributed by atoms with Gasteiger partial charge in [0.05, 0.1) is 19.8 Å². The van der Waals surface area contributed by atoms with Crippen LogP contribution in [0.5, 0.6) is 11.5 Å². The Labute approximate surface area is 166 Å². The maximum Gasteiger partial charge on any atom is 0.229 e. The van der Waals surface area contributed by atoms with Gasteiger partial charge in [-0.05, 0) is 24.6 Å². The molecule has 11 heteroatoms. The maximum absolute atomic E-state index is 10.5. The molecule has 0 spiro atoms. The molecule has 2 fully saturated rings. The predicted octanol–water partition coefficient (Wildman–Crippen LogP) is -2.66. The van der Waals surface area contributed by atoms with E-state index in [0.29, 0.717) is 5.56 Å². The molecule has 2 aliphatic heterocycles. The van der Waals surface area contributed by atoms with Gasteiger partial charge in [0.25, 0.3) is 0 Å². The highest BCUT2D eigenvalue weighted by molar-refractivity contribution is 5.37. The Balaban J connectivity index is 1.82. The van der Waals surface area contributed by atoms with Crippen LogP contribution in [0.2, 0.25) is 0 Å². The van der Waals surface area contributed by atoms with E-state index in [1.165, 1.54) is 12.1 Å². The maximum atomic E-state index is 10.5. The Morgan fingerprint density at radius 2 is 1.83 bits per heavy atom. The van der Waals surface area contributed by atoms with Gasteiger partial charge >= 0.3 is 0 Å². The molecule has 2 aliphatic rings. The van der Waals surface area contributed by atoms with Crippen molar-refractivity contribution in [3.8, 4) is 11.5 Å². The quantitative estimate of drug-likeness (QED) is 0.256. The second-order valence-electron chi connectivity index (χ2n) is 7.32. The van der Waals surface area contributed by atoms with Crippen molar-refractivity contribution in [1.82, 2.24) is 0 Å². The van der Waals surface area contributed by atoms with Gasteiger partial charge in [-0.25, -0.2) is 0 Å². The van der Waals surface area contributed by atoms with Crippen LogP contribution in [-0.4, -0.2) is 104 Å². The molecular formula is C18H26O11. The minimum Gasteiger partial charge on any atom is -0.508 e. The molecule has 7 N–H and O–H groups in total. The standard InChI is InChI=1S/C18H26O11/c1-8-2-9(21)4-10(3-8)27-16-14(13(23)12(22)11(5-19)28-16)29-17-15(24)18(25,6-20)7-26-17/h2-4,11-17,19-25H,5-7H2,1H3/t11-,12-,13+,14-,15+,16-,17+,18-/m1/s1. The summed E-state index contributed by atoms with van der Waals surface area (Å²) < 4.78 is 21.9. The zero-order valence-corrected chi connectivity index (χ0v) is 15.7. The zero-order valence-electron chi connectivity index (χ0n) is 15.7. The summed E-state index contributed by atoms with van der Waals surface area (Å²) in [7, 11) is 0. The summed E-state index contributed by atoms with van der Waals surface area (Å²) in [5.41, 5.74) is -1.27. The highest BCUT2D eigenvalue weighted by Crippen LogP contribution is 2.32. The van der Waals surface area contributed by atoms with E-state index >= 15 is 0 Å². The van der Waals surface area contributed by atoms with Crippen molar-refractivity contribution < 1.29 is 54.7 Å². The SMILES string of the molecule is Cc1cc(O)cc(O[C@@H]2O[C@H](CO)[C@@H](O)[C@H](O)[C@H]2O[C@@H]2OC[C@](O)(CO)[C@H]2O)c1. The van der Waals surface area contributed by atoms with Gasteiger partial charge in [0, 0.05) is 6.07 Å². The minimum atomic E-state index is -1.95. The number of aromatic hydroxyl groups is 1. The molecule has 0 radical (unpaired) electrons. The highest BCUT2D eigenvalue weighted by Gasteiger charge is 2.53. The molecule has 164 valence electrons. The van der Waals surface area contributed by atoms with Crippen LogP contribution in [0.15, 0.2) is 18.2 Å². The molecule has 1 aromatic rings. The summed E-state index contributed by atoms with van der Waals surface area (Å²) in [6.45, 7) is -0.0971. The van der Waals surface area contributed by atoms with Crippen molar-refractivity contribution in [2.75, 3.05) is 19.8 Å². The first-order valence-electron chi connectivity index (χ1n) is 9.06. The van der Waals surface area contributed by atoms with E-state index in [2.05, 4.69) is 0 Å². The fourth-order valence-corrected chi connectivity index (χ4v) is 3.29. The van der Waals surface area contributed by atoms with Crippen molar-refractivity contribution in [2.45, 2.75) is 55.6 Å². The molecule has 8 atom stereocenters. The summed E-state index contributed by atoms with van der Waals surface area (Å²) in [5.74, 6) is 0.0938. The summed E-state index contributed by atoms with van der Waals surface area (Å²) in [5, 5.41) is 69.3. The van der Waals surface area contributed by atoms with Crippen LogP contribution in [0, 0.1) is 6.92 Å². The van der Waals surface area contributed by atoms with E-state index in [9.17, 15) is 35.7 Å². The fraction of sp³-hybridized carbons (Fsp3) is 0.667. The number of phenols is 1. The Morgan fingerprint density at radius 1 is 1.10 bits per heavy atom. The third-order valence-electron chi connectivity index (χ3n) is 4.98. The molecule has 2 heterocycles. The van der Waals surface area contributed by atoms with Gasteiger partial charge < -0.3 is 54.7 Å². The van der Waals surface area contributed by atoms with Crippen LogP contribution in [0.25, 0.3) is 0 Å². The number of rotatable bonds is 6. The number of ether oxygens (including phenoxy) is 4. The second kappa shape index (κ2) is 8.68. The highest BCUT2D eigenvalue weighted by atomic mass is 16.8. The van der Waals surface area contributed by atoms with Gasteiger partial charge in [0.15, 0.2) is 12.4 Å². The normalized spacial score (nSPS) is 40.2. The second-order valence-corrected chi connectivity index (χ2v) is 7.32. The topological polar surface area (TPSA) is 179 Å². The van der Waals surface area contributed by atoms with Crippen LogP contribution >= 0.6 is 0 Å². The molecule has 0 bridgehead atoms. The molecular weight excluding hydrogens is 392 g/mol. The van der Waals surface area contributed by atoms with E-state index in [4.69, 9.17) is 18.9 Å². The third kappa shape index (κ3) is 4.48. The first kappa shape index (κ1) is 22.2. The lowest BCUT2D eigenvalue weighted by Crippen LogP contribution is -2.62. The molecule has 0 amide bonds. The van der Waals surface area contributed by atoms with Crippen LogP contribution in [0.4, 0.5) is 0 Å². The van der Waals surface area contributed by atoms with Crippen LogP contribution in [0.3, 0.4) is 0 Å². The lowest BCUT2D eigenvalue weighted by atomic mass is 9.98. The van der Waals surface area contributed by atoms with Crippen molar-refractivity contribution in [3.05, 3.63) is 23.8 Å². The molecule has 0 aliphatic carbocycles. The average molecular weight is 418 g/mol. The first-order valence-corrected chi connectivity index (χ1v) is 9.06. The van der Waals surface area contributed by atoms with Gasteiger partial charge in [-0.3, -0.25) is 0 Å². The van der Waals surface area contributed by atoms with E-state index in [1.54, 1.807) is 13.0 Å². The van der Waals surface area contributed by atoms with Crippen molar-refractivity contribution >= 4 is 0 Å². The van der Waals surface area contributed by atoms with E-state index in [0.717, 1.165) is 0 Å². The smallest absolute Gasteiger partial charge is 0.229 e. The molecule has 0 saturated carbocycles. The molecule has 1 aromatic carbocycles. The van der Waals surface area contributed by atoms with Crippen LogP contribution < -0.4 is 4.74 Å². The number of aryl methyl sites for hydroxylation is 1. The summed E-state index contributed by atoms with van der Waals surface area (Å²) in [4.78, 5) is 0. The molecule has 0 aromatic heterocycles. The van der Waals surface area contributed by atoms with E-state index < -0.39 is 68.5 Å². The summed E-state index contributed by atoms with van der Waals surface area (Å²) in [6.07, 6.45) is -10.2. The van der Waals surface area contributed by atoms with Gasteiger partial charge in [-0.1, -0.05) is 0 Å². The molecule has 3 rings (SSSR count). The minimum absolute atomic E-state index is 0.0740. The molecule has 29 heavy (non-hydrogen) atoms. The monoisotopic (exact) mass is 418 g/mol. The largest absolute Gasteiger partial charge is 0.508 e. The fourth-order valence-electron chi connectivity index (χ4n) is 3.29.